The summed E-state index contributed by atoms with van der Waals surface area (Å²) in [5.74, 6) is 0. The summed E-state index contributed by atoms with van der Waals surface area (Å²) in [4.78, 5) is 0. The van der Waals surface area contributed by atoms with Gasteiger partial charge in [0.1, 0.15) is 0 Å². The topological polar surface area (TPSA) is 3.88 Å². The number of aromatic nitrogens is 1. The van der Waals surface area contributed by atoms with E-state index >= 15 is 0 Å². The van der Waals surface area contributed by atoms with Crippen LogP contribution in [-0.4, -0.2) is 0 Å². The summed E-state index contributed by atoms with van der Waals surface area (Å²) < 4.78 is 3.33. The van der Waals surface area contributed by atoms with Crippen molar-refractivity contribution in [3.8, 4) is 0 Å². The Bertz CT molecular complexity index is 680. The first-order chi connectivity index (χ1) is 8.81. The highest BCUT2D eigenvalue weighted by Gasteiger charge is 2.04. The van der Waals surface area contributed by atoms with Gasteiger partial charge in [0.05, 0.1) is 0 Å². The fraction of sp³-hybridized carbons (Fsp3) is 0.0625. The number of hydrogen-bond acceptors (Lipinski definition) is 0. The standard InChI is InChI=1S/C16H13BrN.ClH/c17-16-7-5-13(6-8-16)11-18-10-9-14-3-1-2-4-15(14)12-18;/h1-10,12H,11H2;1H/q+1;/p-1. The number of nitrogens with zero attached hydrogens (tertiary/aromatic N) is 1. The highest BCUT2D eigenvalue weighted by atomic mass is 79.9. The minimum Gasteiger partial charge on any atom is -1.00 e. The van der Waals surface area contributed by atoms with Crippen molar-refractivity contribution in [1.82, 2.24) is 0 Å². The lowest BCUT2D eigenvalue weighted by Gasteiger charge is -2.00. The predicted octanol–water partition coefficient (Wildman–Crippen LogP) is 0.942. The maximum Gasteiger partial charge on any atom is 0.176 e. The largest absolute Gasteiger partial charge is 1.00 e. The average Bonchev–Trinajstić information content (AvgIpc) is 2.41. The Kier molecular flexibility index (Phi) is 4.56. The number of halogens is 2. The molecule has 0 aliphatic carbocycles. The Morgan fingerprint density at radius 3 is 2.26 bits per heavy atom. The van der Waals surface area contributed by atoms with Crippen LogP contribution in [-0.2, 0) is 6.54 Å². The predicted molar refractivity (Wildman–Crippen MR) is 77.4 cm³/mol. The zero-order valence-electron chi connectivity index (χ0n) is 10.3. The lowest BCUT2D eigenvalue weighted by Crippen LogP contribution is -3.00. The molecule has 2 aromatic carbocycles. The fourth-order valence-corrected chi connectivity index (χ4v) is 2.34. The van der Waals surface area contributed by atoms with E-state index in [1.165, 1.54) is 16.3 Å². The van der Waals surface area contributed by atoms with E-state index in [1.807, 2.05) is 0 Å². The molecule has 0 aliphatic heterocycles. The molecular formula is C16H13BrClN. The lowest BCUT2D eigenvalue weighted by atomic mass is 10.1. The second kappa shape index (κ2) is 6.18. The van der Waals surface area contributed by atoms with Crippen LogP contribution in [0.2, 0.25) is 0 Å². The van der Waals surface area contributed by atoms with Gasteiger partial charge in [-0.15, -0.1) is 0 Å². The van der Waals surface area contributed by atoms with E-state index in [9.17, 15) is 0 Å². The molecule has 1 aromatic heterocycles. The van der Waals surface area contributed by atoms with Crippen LogP contribution in [0, 0.1) is 0 Å². The third kappa shape index (κ3) is 3.34. The monoisotopic (exact) mass is 333 g/mol. The molecule has 0 fully saturated rings. The first-order valence-corrected chi connectivity index (χ1v) is 6.73. The molecule has 0 atom stereocenters. The van der Waals surface area contributed by atoms with Crippen molar-refractivity contribution in [3.05, 3.63) is 77.0 Å². The molecule has 3 heteroatoms. The minimum atomic E-state index is 0. The van der Waals surface area contributed by atoms with E-state index in [4.69, 9.17) is 0 Å². The van der Waals surface area contributed by atoms with Gasteiger partial charge in [-0.2, -0.15) is 0 Å². The van der Waals surface area contributed by atoms with Crippen molar-refractivity contribution in [2.24, 2.45) is 0 Å². The molecule has 0 bridgehead atoms. The van der Waals surface area contributed by atoms with Crippen LogP contribution < -0.4 is 17.0 Å². The second-order valence-electron chi connectivity index (χ2n) is 4.37. The van der Waals surface area contributed by atoms with E-state index < -0.39 is 0 Å². The molecule has 96 valence electrons. The molecule has 0 saturated carbocycles. The van der Waals surface area contributed by atoms with Crippen molar-refractivity contribution in [3.63, 3.8) is 0 Å². The summed E-state index contributed by atoms with van der Waals surface area (Å²) in [5.41, 5.74) is 1.30. The molecule has 19 heavy (non-hydrogen) atoms. The minimum absolute atomic E-state index is 0. The lowest BCUT2D eigenvalue weighted by molar-refractivity contribution is -0.687. The normalized spacial score (nSPS) is 10.2. The van der Waals surface area contributed by atoms with Crippen LogP contribution in [0.15, 0.2) is 71.5 Å². The van der Waals surface area contributed by atoms with Crippen molar-refractivity contribution in [2.75, 3.05) is 0 Å². The molecule has 3 rings (SSSR count). The fourth-order valence-electron chi connectivity index (χ4n) is 2.08. The molecule has 0 spiro atoms. The van der Waals surface area contributed by atoms with Gasteiger partial charge < -0.3 is 12.4 Å². The van der Waals surface area contributed by atoms with Gasteiger partial charge in [0.2, 0.25) is 0 Å². The van der Waals surface area contributed by atoms with Gasteiger partial charge in [0.15, 0.2) is 18.9 Å². The van der Waals surface area contributed by atoms with Crippen molar-refractivity contribution < 1.29 is 17.0 Å². The molecule has 1 heterocycles. The highest BCUT2D eigenvalue weighted by molar-refractivity contribution is 9.10. The Hall–Kier alpha value is -1.38. The summed E-state index contributed by atoms with van der Waals surface area (Å²) in [5, 5.41) is 2.56. The first-order valence-electron chi connectivity index (χ1n) is 5.93. The van der Waals surface area contributed by atoms with E-state index in [1.54, 1.807) is 0 Å². The third-order valence-corrected chi connectivity index (χ3v) is 3.55. The van der Waals surface area contributed by atoms with Crippen molar-refractivity contribution >= 4 is 26.7 Å². The van der Waals surface area contributed by atoms with Crippen molar-refractivity contribution in [2.45, 2.75) is 6.54 Å². The number of benzene rings is 2. The van der Waals surface area contributed by atoms with E-state index in [-0.39, 0.29) is 12.4 Å². The number of hydrogen-bond donors (Lipinski definition) is 0. The summed E-state index contributed by atoms with van der Waals surface area (Å²) in [6, 6.07) is 19.0. The van der Waals surface area contributed by atoms with Gasteiger partial charge in [-0.05, 0) is 23.6 Å². The van der Waals surface area contributed by atoms with Gasteiger partial charge in [-0.25, -0.2) is 4.57 Å². The Morgan fingerprint density at radius 1 is 0.842 bits per heavy atom. The van der Waals surface area contributed by atoms with Gasteiger partial charge in [0, 0.05) is 21.5 Å². The summed E-state index contributed by atoms with van der Waals surface area (Å²) in [6.45, 7) is 0.901. The molecule has 0 aliphatic rings. The zero-order valence-corrected chi connectivity index (χ0v) is 12.6. The SMILES string of the molecule is Brc1ccc(C[n+]2ccc3ccccc3c2)cc1.[Cl-]. The molecule has 0 amide bonds. The van der Waals surface area contributed by atoms with Gasteiger partial charge >= 0.3 is 0 Å². The van der Waals surface area contributed by atoms with Gasteiger partial charge in [-0.1, -0.05) is 46.3 Å². The number of rotatable bonds is 2. The smallest absolute Gasteiger partial charge is 0.176 e. The van der Waals surface area contributed by atoms with Crippen LogP contribution in [0.3, 0.4) is 0 Å². The van der Waals surface area contributed by atoms with Crippen LogP contribution in [0.1, 0.15) is 5.56 Å². The second-order valence-corrected chi connectivity index (χ2v) is 5.29. The van der Waals surface area contributed by atoms with Gasteiger partial charge in [-0.3, -0.25) is 0 Å². The molecule has 0 saturated heterocycles. The van der Waals surface area contributed by atoms with Gasteiger partial charge in [0.25, 0.3) is 0 Å². The maximum atomic E-state index is 3.46. The summed E-state index contributed by atoms with van der Waals surface area (Å²) in [7, 11) is 0. The molecule has 1 nitrogen and oxygen atoms in total. The Balaban J connectivity index is 0.00000133. The highest BCUT2D eigenvalue weighted by Crippen LogP contribution is 2.12. The Morgan fingerprint density at radius 2 is 1.53 bits per heavy atom. The average molecular weight is 335 g/mol. The molecule has 3 aromatic rings. The molecule has 0 N–H and O–H groups in total. The van der Waals surface area contributed by atoms with Crippen LogP contribution in [0.25, 0.3) is 10.8 Å². The summed E-state index contributed by atoms with van der Waals surface area (Å²) in [6.07, 6.45) is 4.32. The van der Waals surface area contributed by atoms with E-state index in [0.717, 1.165) is 11.0 Å². The Labute approximate surface area is 127 Å². The number of fused-ring (bicyclic) bond motifs is 1. The van der Waals surface area contributed by atoms with E-state index in [0.29, 0.717) is 0 Å². The van der Waals surface area contributed by atoms with Crippen LogP contribution >= 0.6 is 15.9 Å². The van der Waals surface area contributed by atoms with Crippen LogP contribution in [0.5, 0.6) is 0 Å². The first kappa shape index (κ1) is 14.0. The zero-order chi connectivity index (χ0) is 12.4. The number of pyridine rings is 1. The maximum absolute atomic E-state index is 3.46. The van der Waals surface area contributed by atoms with Crippen LogP contribution in [0.4, 0.5) is 0 Å². The molecule has 0 unspecified atom stereocenters. The summed E-state index contributed by atoms with van der Waals surface area (Å²) >= 11 is 3.46. The quantitative estimate of drug-likeness (QED) is 0.614. The molecule has 0 radical (unpaired) electrons. The third-order valence-electron chi connectivity index (χ3n) is 3.02. The van der Waals surface area contributed by atoms with Crippen molar-refractivity contribution in [1.29, 1.82) is 0 Å². The van der Waals surface area contributed by atoms with E-state index in [2.05, 4.69) is 87.5 Å². The molecular weight excluding hydrogens is 322 g/mol.